The summed E-state index contributed by atoms with van der Waals surface area (Å²) in [4.78, 5) is 0. The molecule has 0 unspecified atom stereocenters. The summed E-state index contributed by atoms with van der Waals surface area (Å²) in [7, 11) is 0. The third-order valence-electron chi connectivity index (χ3n) is 3.35. The minimum absolute atomic E-state index is 0.0704. The molecule has 3 aromatic rings. The largest absolute Gasteiger partial charge is 0.391 e. The van der Waals surface area contributed by atoms with Crippen LogP contribution in [-0.2, 0) is 6.61 Å². The molecule has 0 aliphatic rings. The van der Waals surface area contributed by atoms with Gasteiger partial charge in [0.05, 0.1) is 17.7 Å². The molecule has 0 aliphatic carbocycles. The Labute approximate surface area is 127 Å². The Morgan fingerprint density at radius 3 is 2.04 bits per heavy atom. The molecule has 7 heteroatoms. The normalized spacial score (nSPS) is 11.0. The summed E-state index contributed by atoms with van der Waals surface area (Å²) >= 11 is 0. The van der Waals surface area contributed by atoms with Crippen LogP contribution < -0.4 is 0 Å². The molecule has 0 aliphatic heterocycles. The zero-order valence-corrected chi connectivity index (χ0v) is 11.5. The van der Waals surface area contributed by atoms with E-state index < -0.39 is 29.9 Å². The molecule has 1 aromatic heterocycles. The lowest BCUT2D eigenvalue weighted by Gasteiger charge is -2.04. The van der Waals surface area contributed by atoms with Crippen molar-refractivity contribution in [3.63, 3.8) is 0 Å². The molecule has 23 heavy (non-hydrogen) atoms. The van der Waals surface area contributed by atoms with Crippen LogP contribution in [0.5, 0.6) is 0 Å². The molecule has 0 amide bonds. The van der Waals surface area contributed by atoms with Gasteiger partial charge in [0.1, 0.15) is 5.69 Å². The van der Waals surface area contributed by atoms with Crippen molar-refractivity contribution < 1.29 is 27.2 Å². The van der Waals surface area contributed by atoms with Crippen LogP contribution in [0.4, 0.5) is 17.6 Å². The van der Waals surface area contributed by atoms with Crippen molar-refractivity contribution in [2.45, 2.75) is 6.61 Å². The van der Waals surface area contributed by atoms with Crippen molar-refractivity contribution >= 4 is 0 Å². The van der Waals surface area contributed by atoms with Gasteiger partial charge in [-0.15, -0.1) is 0 Å². The van der Waals surface area contributed by atoms with E-state index >= 15 is 0 Å². The Kier molecular flexibility index (Phi) is 3.87. The molecule has 3 nitrogen and oxygen atoms in total. The Morgan fingerprint density at radius 1 is 0.870 bits per heavy atom. The lowest BCUT2D eigenvalue weighted by Crippen LogP contribution is -1.95. The second kappa shape index (κ2) is 5.85. The van der Waals surface area contributed by atoms with Crippen LogP contribution in [0.25, 0.3) is 22.6 Å². The highest BCUT2D eigenvalue weighted by Crippen LogP contribution is 2.35. The lowest BCUT2D eigenvalue weighted by atomic mass is 10.0. The fourth-order valence-electron chi connectivity index (χ4n) is 2.25. The van der Waals surface area contributed by atoms with E-state index in [0.717, 1.165) is 12.1 Å². The summed E-state index contributed by atoms with van der Waals surface area (Å²) in [6.07, 6.45) is 0. The number of hydrogen-bond donors (Lipinski definition) is 1. The molecule has 0 atom stereocenters. The van der Waals surface area contributed by atoms with Crippen LogP contribution in [0.15, 0.2) is 40.9 Å². The SMILES string of the molecule is OCc1c(-c2cccc(F)c2F)noc1-c1cccc(F)c1F. The first-order valence-corrected chi connectivity index (χ1v) is 6.52. The Balaban J connectivity index is 2.22. The van der Waals surface area contributed by atoms with E-state index in [1.165, 1.54) is 24.3 Å². The van der Waals surface area contributed by atoms with Gasteiger partial charge in [0.25, 0.3) is 0 Å². The number of benzene rings is 2. The van der Waals surface area contributed by atoms with Crippen molar-refractivity contribution in [3.8, 4) is 22.6 Å². The first kappa shape index (κ1) is 15.2. The number of halogens is 4. The van der Waals surface area contributed by atoms with Gasteiger partial charge in [-0.05, 0) is 24.3 Å². The third-order valence-corrected chi connectivity index (χ3v) is 3.35. The minimum atomic E-state index is -1.19. The zero-order chi connectivity index (χ0) is 16.6. The van der Waals surface area contributed by atoms with E-state index in [4.69, 9.17) is 4.52 Å². The first-order chi connectivity index (χ1) is 11.0. The number of hydrogen-bond acceptors (Lipinski definition) is 3. The van der Waals surface area contributed by atoms with E-state index in [1.807, 2.05) is 0 Å². The molecule has 3 rings (SSSR count). The number of nitrogens with zero attached hydrogens (tertiary/aromatic N) is 1. The number of aromatic nitrogens is 1. The summed E-state index contributed by atoms with van der Waals surface area (Å²) in [5.74, 6) is -4.83. The standard InChI is InChI=1S/C16H9F4NO2/c17-11-5-1-3-8(13(11)19)15-10(7-22)16(23-21-15)9-4-2-6-12(18)14(9)20/h1-6,22H,7H2. The van der Waals surface area contributed by atoms with Crippen LogP contribution in [0.2, 0.25) is 0 Å². The van der Waals surface area contributed by atoms with Crippen molar-refractivity contribution in [1.82, 2.24) is 5.16 Å². The van der Waals surface area contributed by atoms with Gasteiger partial charge in [-0.3, -0.25) is 0 Å². The summed E-state index contributed by atoms with van der Waals surface area (Å²) in [6, 6.07) is 6.81. The maximum atomic E-state index is 13.9. The molecule has 1 heterocycles. The van der Waals surface area contributed by atoms with E-state index in [9.17, 15) is 22.7 Å². The van der Waals surface area contributed by atoms with Crippen LogP contribution in [-0.4, -0.2) is 10.3 Å². The smallest absolute Gasteiger partial charge is 0.176 e. The molecule has 2 aromatic carbocycles. The fourth-order valence-corrected chi connectivity index (χ4v) is 2.25. The van der Waals surface area contributed by atoms with Gasteiger partial charge < -0.3 is 9.63 Å². The summed E-state index contributed by atoms with van der Waals surface area (Å²) in [5, 5.41) is 13.1. The predicted molar refractivity (Wildman–Crippen MR) is 73.1 cm³/mol. The molecule has 118 valence electrons. The zero-order valence-electron chi connectivity index (χ0n) is 11.5. The predicted octanol–water partition coefficient (Wildman–Crippen LogP) is 4.06. The van der Waals surface area contributed by atoms with Gasteiger partial charge in [-0.25, -0.2) is 17.6 Å². The summed E-state index contributed by atoms with van der Waals surface area (Å²) in [5.41, 5.74) is -0.771. The van der Waals surface area contributed by atoms with Crippen molar-refractivity contribution in [3.05, 3.63) is 65.2 Å². The van der Waals surface area contributed by atoms with E-state index in [1.54, 1.807) is 0 Å². The highest BCUT2D eigenvalue weighted by atomic mass is 19.2. The third kappa shape index (κ3) is 2.49. The van der Waals surface area contributed by atoms with E-state index in [2.05, 4.69) is 5.16 Å². The van der Waals surface area contributed by atoms with E-state index in [-0.39, 0.29) is 28.1 Å². The van der Waals surface area contributed by atoms with Gasteiger partial charge >= 0.3 is 0 Å². The highest BCUT2D eigenvalue weighted by Gasteiger charge is 2.24. The van der Waals surface area contributed by atoms with Crippen LogP contribution in [0.3, 0.4) is 0 Å². The second-order valence-corrected chi connectivity index (χ2v) is 4.70. The number of aliphatic hydroxyl groups excluding tert-OH is 1. The van der Waals surface area contributed by atoms with Gasteiger partial charge in [0, 0.05) is 5.56 Å². The molecule has 0 bridgehead atoms. The topological polar surface area (TPSA) is 46.3 Å². The molecular weight excluding hydrogens is 314 g/mol. The highest BCUT2D eigenvalue weighted by molar-refractivity contribution is 5.73. The summed E-state index contributed by atoms with van der Waals surface area (Å²) in [6.45, 7) is -0.680. The Bertz CT molecular complexity index is 808. The molecule has 0 radical (unpaired) electrons. The maximum absolute atomic E-state index is 13.9. The quantitative estimate of drug-likeness (QED) is 0.740. The van der Waals surface area contributed by atoms with Crippen molar-refractivity contribution in [2.24, 2.45) is 0 Å². The van der Waals surface area contributed by atoms with Crippen LogP contribution in [0, 0.1) is 23.3 Å². The Morgan fingerprint density at radius 2 is 1.43 bits per heavy atom. The molecule has 0 spiro atoms. The van der Waals surface area contributed by atoms with Crippen LogP contribution in [0.1, 0.15) is 5.56 Å². The van der Waals surface area contributed by atoms with Gasteiger partial charge in [0.15, 0.2) is 29.0 Å². The van der Waals surface area contributed by atoms with Crippen molar-refractivity contribution in [1.29, 1.82) is 0 Å². The van der Waals surface area contributed by atoms with Gasteiger partial charge in [-0.1, -0.05) is 17.3 Å². The van der Waals surface area contributed by atoms with Gasteiger partial charge in [-0.2, -0.15) is 0 Å². The molecule has 0 saturated heterocycles. The number of aliphatic hydroxyl groups is 1. The van der Waals surface area contributed by atoms with Crippen molar-refractivity contribution in [2.75, 3.05) is 0 Å². The average molecular weight is 323 g/mol. The molecule has 0 fully saturated rings. The maximum Gasteiger partial charge on any atom is 0.176 e. The molecule has 0 saturated carbocycles. The number of rotatable bonds is 3. The minimum Gasteiger partial charge on any atom is -0.391 e. The summed E-state index contributed by atoms with van der Waals surface area (Å²) < 4.78 is 59.4. The Hall–Kier alpha value is -2.67. The average Bonchev–Trinajstić information content (AvgIpc) is 2.96. The fraction of sp³-hybridized carbons (Fsp3) is 0.0625. The van der Waals surface area contributed by atoms with Gasteiger partial charge in [0.2, 0.25) is 0 Å². The molecule has 1 N–H and O–H groups in total. The monoisotopic (exact) mass is 323 g/mol. The molecular formula is C16H9F4NO2. The lowest BCUT2D eigenvalue weighted by molar-refractivity contribution is 0.281. The first-order valence-electron chi connectivity index (χ1n) is 6.52. The van der Waals surface area contributed by atoms with Crippen LogP contribution >= 0.6 is 0 Å². The second-order valence-electron chi connectivity index (χ2n) is 4.70. The van der Waals surface area contributed by atoms with E-state index in [0.29, 0.717) is 0 Å².